The molecule has 3 nitrogen and oxygen atoms in total. The van der Waals surface area contributed by atoms with Crippen LogP contribution in [0.5, 0.6) is 0 Å². The minimum absolute atomic E-state index is 0.106. The second-order valence-corrected chi connectivity index (χ2v) is 8.35. The van der Waals surface area contributed by atoms with E-state index in [1.165, 1.54) is 0 Å². The molecule has 1 fully saturated rings. The van der Waals surface area contributed by atoms with Crippen molar-refractivity contribution in [1.29, 1.82) is 0 Å². The average Bonchev–Trinajstić information content (AvgIpc) is 2.87. The molecular formula is C16H20O3Se. The van der Waals surface area contributed by atoms with Gasteiger partial charge in [-0.15, -0.1) is 0 Å². The molecule has 1 aliphatic rings. The van der Waals surface area contributed by atoms with Crippen molar-refractivity contribution < 1.29 is 14.3 Å². The maximum atomic E-state index is 12.4. The summed E-state index contributed by atoms with van der Waals surface area (Å²) in [5, 5.41) is 0. The first-order valence-electron chi connectivity index (χ1n) is 7.02. The summed E-state index contributed by atoms with van der Waals surface area (Å²) >= 11 is -0.106. The fourth-order valence-electron chi connectivity index (χ4n) is 2.66. The Morgan fingerprint density at radius 3 is 2.65 bits per heavy atom. The van der Waals surface area contributed by atoms with Gasteiger partial charge >= 0.3 is 126 Å². The molecule has 0 bridgehead atoms. The van der Waals surface area contributed by atoms with Gasteiger partial charge in [0.05, 0.1) is 0 Å². The molecule has 0 N–H and O–H groups in total. The first kappa shape index (κ1) is 15.3. The van der Waals surface area contributed by atoms with E-state index in [2.05, 4.69) is 0 Å². The number of carbonyl (C=O) groups excluding carboxylic acids is 2. The van der Waals surface area contributed by atoms with Gasteiger partial charge < -0.3 is 0 Å². The van der Waals surface area contributed by atoms with Crippen LogP contribution < -0.4 is 4.46 Å². The molecule has 0 aliphatic heterocycles. The van der Waals surface area contributed by atoms with Gasteiger partial charge in [0.15, 0.2) is 0 Å². The van der Waals surface area contributed by atoms with Crippen LogP contribution >= 0.6 is 0 Å². The van der Waals surface area contributed by atoms with Gasteiger partial charge in [0, 0.05) is 0 Å². The molecule has 0 radical (unpaired) electrons. The summed E-state index contributed by atoms with van der Waals surface area (Å²) in [6.45, 7) is 4.08. The number of rotatable bonds is 5. The van der Waals surface area contributed by atoms with Crippen LogP contribution in [0.1, 0.15) is 33.1 Å². The normalized spacial score (nSPS) is 21.5. The van der Waals surface area contributed by atoms with E-state index in [1.54, 1.807) is 0 Å². The van der Waals surface area contributed by atoms with Crippen molar-refractivity contribution in [2.24, 2.45) is 5.92 Å². The third-order valence-corrected chi connectivity index (χ3v) is 6.63. The van der Waals surface area contributed by atoms with Crippen molar-refractivity contribution in [3.63, 3.8) is 0 Å². The van der Waals surface area contributed by atoms with Crippen molar-refractivity contribution in [3.05, 3.63) is 30.3 Å². The van der Waals surface area contributed by atoms with Gasteiger partial charge in [0.1, 0.15) is 0 Å². The van der Waals surface area contributed by atoms with Crippen LogP contribution in [-0.2, 0) is 14.3 Å². The number of benzene rings is 1. The number of hydrogen-bond acceptors (Lipinski definition) is 3. The Morgan fingerprint density at radius 2 is 2.10 bits per heavy atom. The molecular weight excluding hydrogens is 319 g/mol. The third-order valence-electron chi connectivity index (χ3n) is 3.72. The van der Waals surface area contributed by atoms with E-state index in [4.69, 9.17) is 4.74 Å². The molecule has 108 valence electrons. The number of esters is 1. The third kappa shape index (κ3) is 3.13. The first-order valence-corrected chi connectivity index (χ1v) is 8.73. The Morgan fingerprint density at radius 1 is 1.40 bits per heavy atom. The zero-order valence-electron chi connectivity index (χ0n) is 11.9. The zero-order valence-corrected chi connectivity index (χ0v) is 13.6. The van der Waals surface area contributed by atoms with E-state index in [-0.39, 0.29) is 32.6 Å². The summed E-state index contributed by atoms with van der Waals surface area (Å²) in [6, 6.07) is 9.95. The second-order valence-electron chi connectivity index (χ2n) is 5.15. The van der Waals surface area contributed by atoms with Crippen LogP contribution in [0.3, 0.4) is 0 Å². The molecule has 20 heavy (non-hydrogen) atoms. The van der Waals surface area contributed by atoms with Gasteiger partial charge in [-0.3, -0.25) is 0 Å². The van der Waals surface area contributed by atoms with E-state index in [0.717, 1.165) is 17.3 Å². The standard InChI is InChI=1S/C16H20O3Se/c1-3-19-15(18)16(2,13-10-7-11-14(13)17)20-12-8-5-4-6-9-12/h4-6,8-9,13H,3,7,10-11H2,1-2H3. The quantitative estimate of drug-likeness (QED) is 0.610. The van der Waals surface area contributed by atoms with Crippen molar-refractivity contribution in [2.75, 3.05) is 6.61 Å². The van der Waals surface area contributed by atoms with Gasteiger partial charge in [-0.25, -0.2) is 0 Å². The SMILES string of the molecule is CCOC(=O)C(C)([Se]c1ccccc1)C1CCCC1=O. The van der Waals surface area contributed by atoms with E-state index >= 15 is 0 Å². The molecule has 4 heteroatoms. The Kier molecular flexibility index (Phi) is 5.00. The van der Waals surface area contributed by atoms with E-state index < -0.39 is 4.31 Å². The Bertz CT molecular complexity index is 486. The molecule has 2 unspecified atom stereocenters. The Balaban J connectivity index is 2.28. The number of ketones is 1. The summed E-state index contributed by atoms with van der Waals surface area (Å²) in [6.07, 6.45) is 2.30. The Labute approximate surface area is 126 Å². The molecule has 0 saturated heterocycles. The molecule has 0 spiro atoms. The Hall–Kier alpha value is -1.12. The molecule has 1 aromatic carbocycles. The topological polar surface area (TPSA) is 43.4 Å². The van der Waals surface area contributed by atoms with Crippen LogP contribution in [0.2, 0.25) is 4.31 Å². The maximum absolute atomic E-state index is 12.4. The van der Waals surface area contributed by atoms with Gasteiger partial charge in [-0.2, -0.15) is 0 Å². The van der Waals surface area contributed by atoms with Crippen molar-refractivity contribution in [3.8, 4) is 0 Å². The fourth-order valence-corrected chi connectivity index (χ4v) is 5.42. The van der Waals surface area contributed by atoms with Crippen molar-refractivity contribution in [1.82, 2.24) is 0 Å². The minimum atomic E-state index is -0.683. The van der Waals surface area contributed by atoms with Gasteiger partial charge in [0.2, 0.25) is 0 Å². The van der Waals surface area contributed by atoms with E-state index in [0.29, 0.717) is 13.0 Å². The van der Waals surface area contributed by atoms with Crippen LogP contribution in [-0.4, -0.2) is 33.3 Å². The summed E-state index contributed by atoms with van der Waals surface area (Å²) in [4.78, 5) is 24.6. The molecule has 1 aliphatic carbocycles. The molecule has 2 atom stereocenters. The van der Waals surface area contributed by atoms with Gasteiger partial charge in [-0.1, -0.05) is 0 Å². The molecule has 2 rings (SSSR count). The fraction of sp³-hybridized carbons (Fsp3) is 0.500. The van der Waals surface area contributed by atoms with E-state index in [1.807, 2.05) is 44.2 Å². The monoisotopic (exact) mass is 340 g/mol. The number of hydrogen-bond donors (Lipinski definition) is 0. The molecule has 0 aromatic heterocycles. The predicted octanol–water partition coefficient (Wildman–Crippen LogP) is 2.13. The van der Waals surface area contributed by atoms with Gasteiger partial charge in [0.25, 0.3) is 0 Å². The molecule has 1 saturated carbocycles. The van der Waals surface area contributed by atoms with Crippen molar-refractivity contribution in [2.45, 2.75) is 37.4 Å². The molecule has 0 heterocycles. The average molecular weight is 339 g/mol. The first-order chi connectivity index (χ1) is 9.58. The van der Waals surface area contributed by atoms with Crippen LogP contribution in [0.4, 0.5) is 0 Å². The molecule has 1 aromatic rings. The molecule has 0 amide bonds. The van der Waals surface area contributed by atoms with Crippen LogP contribution in [0.25, 0.3) is 0 Å². The predicted molar refractivity (Wildman–Crippen MR) is 79.2 cm³/mol. The zero-order chi connectivity index (χ0) is 14.6. The summed E-state index contributed by atoms with van der Waals surface area (Å²) in [5.41, 5.74) is 0. The number of ether oxygens (including phenoxy) is 1. The van der Waals surface area contributed by atoms with Crippen LogP contribution in [0.15, 0.2) is 30.3 Å². The van der Waals surface area contributed by atoms with Crippen LogP contribution in [0, 0.1) is 5.92 Å². The summed E-state index contributed by atoms with van der Waals surface area (Å²) in [5.74, 6) is -0.177. The van der Waals surface area contributed by atoms with Gasteiger partial charge in [-0.05, 0) is 0 Å². The summed E-state index contributed by atoms with van der Waals surface area (Å²) in [7, 11) is 0. The second kappa shape index (κ2) is 6.55. The summed E-state index contributed by atoms with van der Waals surface area (Å²) < 4.78 is 5.72. The van der Waals surface area contributed by atoms with Crippen molar-refractivity contribution >= 4 is 31.2 Å². The number of carbonyl (C=O) groups is 2. The van der Waals surface area contributed by atoms with E-state index in [9.17, 15) is 9.59 Å². The number of Topliss-reactive ketones (excluding diaryl/α,β-unsaturated/α-hetero) is 1.